The van der Waals surface area contributed by atoms with E-state index in [-0.39, 0.29) is 0 Å². The summed E-state index contributed by atoms with van der Waals surface area (Å²) < 4.78 is 14.2. The summed E-state index contributed by atoms with van der Waals surface area (Å²) in [6.45, 7) is -0.971. The fourth-order valence-electron chi connectivity index (χ4n) is 0.246. The third-order valence-corrected chi connectivity index (χ3v) is 1.18. The lowest BCUT2D eigenvalue weighted by Crippen LogP contribution is -2.19. The molecule has 10 heavy (non-hydrogen) atoms. The van der Waals surface area contributed by atoms with Crippen LogP contribution in [-0.2, 0) is 9.09 Å². The Labute approximate surface area is 57.8 Å². The van der Waals surface area contributed by atoms with Crippen molar-refractivity contribution in [2.75, 3.05) is 13.2 Å². The maximum Gasteiger partial charge on any atom is 0.400 e. The van der Waals surface area contributed by atoms with Crippen LogP contribution in [-0.4, -0.2) is 34.4 Å². The van der Waals surface area contributed by atoms with Gasteiger partial charge in [0.1, 0.15) is 6.10 Å². The molecule has 0 aromatic carbocycles. The van der Waals surface area contributed by atoms with E-state index in [9.17, 15) is 4.57 Å². The van der Waals surface area contributed by atoms with E-state index in [0.717, 1.165) is 0 Å². The number of aliphatic hydroxyl groups excluding tert-OH is 2. The zero-order valence-corrected chi connectivity index (χ0v) is 6.07. The van der Waals surface area contributed by atoms with Gasteiger partial charge in [-0.3, -0.25) is 4.52 Å². The minimum absolute atomic E-state index is 0.444. The largest absolute Gasteiger partial charge is 0.400 e. The molecular weight excluding hydrogens is 161 g/mol. The van der Waals surface area contributed by atoms with E-state index < -0.39 is 27.1 Å². The molecule has 2 atom stereocenters. The second kappa shape index (κ2) is 4.02. The highest BCUT2D eigenvalue weighted by Gasteiger charge is 2.13. The van der Waals surface area contributed by atoms with Crippen LogP contribution in [0.15, 0.2) is 0 Å². The molecule has 62 valence electrons. The fourth-order valence-corrected chi connectivity index (χ4v) is 0.631. The van der Waals surface area contributed by atoms with Gasteiger partial charge in [0.2, 0.25) is 0 Å². The van der Waals surface area contributed by atoms with Gasteiger partial charge in [-0.2, -0.15) is 0 Å². The van der Waals surface area contributed by atoms with E-state index in [4.69, 9.17) is 15.1 Å². The average molecular weight is 171 g/mol. The van der Waals surface area contributed by atoms with Crippen molar-refractivity contribution in [3.8, 4) is 0 Å². The second-order valence-electron chi connectivity index (χ2n) is 1.70. The Hall–Kier alpha value is 0.0300. The third-order valence-electron chi connectivity index (χ3n) is 0.663. The van der Waals surface area contributed by atoms with Crippen molar-refractivity contribution in [2.45, 2.75) is 6.10 Å². The average Bonchev–Trinajstić information content (AvgIpc) is 1.81. The maximum atomic E-state index is 10.2. The Balaban J connectivity index is 3.46. The van der Waals surface area contributed by atoms with Gasteiger partial charge >= 0.3 is 7.75 Å². The van der Waals surface area contributed by atoms with Crippen molar-refractivity contribution >= 4 is 7.75 Å². The smallest absolute Gasteiger partial charge is 0.394 e. The normalized spacial score (nSPS) is 20.0. The third kappa shape index (κ3) is 6.15. The van der Waals surface area contributed by atoms with Gasteiger partial charge in [-0.15, -0.1) is 0 Å². The van der Waals surface area contributed by atoms with E-state index in [0.29, 0.717) is 0 Å². The van der Waals surface area contributed by atoms with E-state index in [1.165, 1.54) is 0 Å². The Kier molecular flexibility index (Phi) is 4.04. The minimum atomic E-state index is -4.00. The first-order chi connectivity index (χ1) is 4.45. The molecule has 0 bridgehead atoms. The van der Waals surface area contributed by atoms with E-state index in [1.54, 1.807) is 0 Å². The summed E-state index contributed by atoms with van der Waals surface area (Å²) in [4.78, 5) is 8.28. The lowest BCUT2D eigenvalue weighted by molar-refractivity contribution is 0.0497. The zero-order chi connectivity index (χ0) is 8.20. The van der Waals surface area contributed by atoms with Crippen LogP contribution >= 0.6 is 7.75 Å². The van der Waals surface area contributed by atoms with E-state index >= 15 is 0 Å². The summed E-state index contributed by atoms with van der Waals surface area (Å²) in [6.07, 6.45) is -1.16. The summed E-state index contributed by atoms with van der Waals surface area (Å²) in [6, 6.07) is 0. The molecule has 0 aliphatic rings. The molecule has 0 saturated heterocycles. The van der Waals surface area contributed by atoms with Gasteiger partial charge in [0.05, 0.1) is 13.2 Å². The quantitative estimate of drug-likeness (QED) is 0.379. The molecule has 0 aliphatic carbocycles. The predicted octanol–water partition coefficient (Wildman–Crippen LogP) is -1.58. The molecule has 0 aromatic rings. The summed E-state index contributed by atoms with van der Waals surface area (Å²) >= 11 is 0. The number of hydrogen-bond donors (Lipinski definition) is 4. The van der Waals surface area contributed by atoms with Crippen LogP contribution < -0.4 is 5.50 Å². The lowest BCUT2D eigenvalue weighted by atomic mass is 10.4. The monoisotopic (exact) mass is 171 g/mol. The molecule has 0 rings (SSSR count). The highest BCUT2D eigenvalue weighted by molar-refractivity contribution is 7.50. The van der Waals surface area contributed by atoms with Gasteiger partial charge in [0, 0.05) is 0 Å². The molecule has 0 aliphatic heterocycles. The van der Waals surface area contributed by atoms with Gasteiger partial charge in [-0.05, 0) is 0 Å². The van der Waals surface area contributed by atoms with Crippen LogP contribution in [0.5, 0.6) is 0 Å². The number of aliphatic hydroxyl groups is 2. The topological polar surface area (TPSA) is 113 Å². The Morgan fingerprint density at radius 1 is 1.70 bits per heavy atom. The van der Waals surface area contributed by atoms with Crippen LogP contribution in [0, 0.1) is 0 Å². The van der Waals surface area contributed by atoms with Crippen molar-refractivity contribution in [1.29, 1.82) is 0 Å². The SMILES string of the molecule is NP(=O)(O)OC[C@@H](O)CO. The Morgan fingerprint density at radius 2 is 2.20 bits per heavy atom. The molecule has 0 fully saturated rings. The molecule has 0 spiro atoms. The predicted molar refractivity (Wildman–Crippen MR) is 33.1 cm³/mol. The molecule has 0 radical (unpaired) electrons. The van der Waals surface area contributed by atoms with Gasteiger partial charge in [-0.25, -0.2) is 10.1 Å². The van der Waals surface area contributed by atoms with Gasteiger partial charge in [-0.1, -0.05) is 0 Å². The molecular formula is C3H10NO5P. The number of hydrogen-bond acceptors (Lipinski definition) is 4. The van der Waals surface area contributed by atoms with Crippen LogP contribution in [0.25, 0.3) is 0 Å². The summed E-state index contributed by atoms with van der Waals surface area (Å²) in [5, 5.41) is 16.7. The standard InChI is InChI=1S/C3H10NO5P/c4-10(7,8)9-2-3(6)1-5/h3,5-6H,1-2H2,(H3,4,7,8)/t3-/m0/s1. The number of nitrogens with two attached hydrogens (primary N) is 1. The molecule has 0 aromatic heterocycles. The molecule has 6 nitrogen and oxygen atoms in total. The summed E-state index contributed by atoms with van der Waals surface area (Å²) in [5.41, 5.74) is 4.53. The first-order valence-corrected chi connectivity index (χ1v) is 4.15. The van der Waals surface area contributed by atoms with Gasteiger partial charge < -0.3 is 15.1 Å². The Morgan fingerprint density at radius 3 is 2.50 bits per heavy atom. The van der Waals surface area contributed by atoms with Crippen LogP contribution in [0.3, 0.4) is 0 Å². The first-order valence-electron chi connectivity index (χ1n) is 2.50. The van der Waals surface area contributed by atoms with Crippen molar-refractivity contribution in [3.05, 3.63) is 0 Å². The maximum absolute atomic E-state index is 10.2. The zero-order valence-electron chi connectivity index (χ0n) is 5.17. The highest BCUT2D eigenvalue weighted by Crippen LogP contribution is 2.30. The van der Waals surface area contributed by atoms with Gasteiger partial charge in [0.15, 0.2) is 0 Å². The second-order valence-corrected chi connectivity index (χ2v) is 3.08. The summed E-state index contributed by atoms with van der Waals surface area (Å²) in [5.74, 6) is 0. The van der Waals surface area contributed by atoms with Crippen LogP contribution in [0.4, 0.5) is 0 Å². The number of rotatable bonds is 4. The molecule has 5 N–H and O–H groups in total. The summed E-state index contributed by atoms with van der Waals surface area (Å²) in [7, 11) is -4.00. The van der Waals surface area contributed by atoms with E-state index in [1.807, 2.05) is 0 Å². The molecule has 0 amide bonds. The fraction of sp³-hybridized carbons (Fsp3) is 1.00. The molecule has 0 heterocycles. The van der Waals surface area contributed by atoms with E-state index in [2.05, 4.69) is 10.0 Å². The molecule has 7 heteroatoms. The van der Waals surface area contributed by atoms with Crippen LogP contribution in [0.1, 0.15) is 0 Å². The molecule has 1 unspecified atom stereocenters. The minimum Gasteiger partial charge on any atom is -0.394 e. The van der Waals surface area contributed by atoms with Crippen molar-refractivity contribution in [3.63, 3.8) is 0 Å². The van der Waals surface area contributed by atoms with Crippen molar-refractivity contribution in [2.24, 2.45) is 5.50 Å². The highest BCUT2D eigenvalue weighted by atomic mass is 31.2. The first kappa shape index (κ1) is 10.0. The van der Waals surface area contributed by atoms with Gasteiger partial charge in [0.25, 0.3) is 0 Å². The Bertz CT molecular complexity index is 133. The van der Waals surface area contributed by atoms with Crippen LogP contribution in [0.2, 0.25) is 0 Å². The lowest BCUT2D eigenvalue weighted by Gasteiger charge is -2.08. The van der Waals surface area contributed by atoms with Crippen molar-refractivity contribution < 1.29 is 24.2 Å². The molecule has 0 saturated carbocycles. The van der Waals surface area contributed by atoms with Crippen molar-refractivity contribution in [1.82, 2.24) is 0 Å².